The van der Waals surface area contributed by atoms with Crippen molar-refractivity contribution in [3.8, 4) is 0 Å². The molecule has 3 aliphatic rings. The molecule has 0 heterocycles. The van der Waals surface area contributed by atoms with Gasteiger partial charge in [-0.25, -0.2) is 0 Å². The third-order valence-electron chi connectivity index (χ3n) is 4.12. The van der Waals surface area contributed by atoms with E-state index in [1.54, 1.807) is 7.05 Å². The van der Waals surface area contributed by atoms with Gasteiger partial charge in [-0.05, 0) is 47.9 Å². The molecule has 1 fully saturated rings. The van der Waals surface area contributed by atoms with E-state index < -0.39 is 0 Å². The molecule has 0 aliphatic heterocycles. The highest BCUT2D eigenvalue weighted by Gasteiger charge is 2.50. The van der Waals surface area contributed by atoms with Crippen LogP contribution in [0.25, 0.3) is 0 Å². The van der Waals surface area contributed by atoms with Crippen LogP contribution in [-0.2, 0) is 0 Å². The molecule has 3 nitrogen and oxygen atoms in total. The molecule has 88 valence electrons. The molecule has 2 bridgehead atoms. The molecule has 0 aromatic heterocycles. The Kier molecular flexibility index (Phi) is 3.02. The van der Waals surface area contributed by atoms with Crippen molar-refractivity contribution in [2.45, 2.75) is 26.7 Å². The smallest absolute Gasteiger partial charge is 0.186 e. The second-order valence-electron chi connectivity index (χ2n) is 5.20. The van der Waals surface area contributed by atoms with Crippen LogP contribution in [0.4, 0.5) is 0 Å². The average molecular weight is 237 g/mol. The second kappa shape index (κ2) is 4.17. The fraction of sp³-hybridized carbons (Fsp3) is 0.667. The molecule has 3 aliphatic carbocycles. The molecule has 0 unspecified atom stereocenters. The highest BCUT2D eigenvalue weighted by Crippen LogP contribution is 2.58. The third kappa shape index (κ3) is 1.86. The summed E-state index contributed by atoms with van der Waals surface area (Å²) in [5.74, 6) is 1.56. The topological polar surface area (TPSA) is 36.4 Å². The van der Waals surface area contributed by atoms with Crippen LogP contribution in [0.2, 0.25) is 0 Å². The molecule has 2 N–H and O–H groups in total. The predicted octanol–water partition coefficient (Wildman–Crippen LogP) is 2.06. The number of fused-ring (bicyclic) bond motifs is 1. The van der Waals surface area contributed by atoms with Gasteiger partial charge in [0.05, 0.1) is 6.21 Å². The van der Waals surface area contributed by atoms with E-state index in [2.05, 4.69) is 35.8 Å². The average Bonchev–Trinajstić information content (AvgIpc) is 2.28. The fourth-order valence-corrected chi connectivity index (χ4v) is 2.82. The summed E-state index contributed by atoms with van der Waals surface area (Å²) in [7, 11) is 1.78. The lowest BCUT2D eigenvalue weighted by molar-refractivity contribution is -0.00126. The SMILES string of the molecule is CNC(=S)N/N=C\C1=CC[C@@H]2C[C@H]1C2(C)C. The second-order valence-corrected chi connectivity index (χ2v) is 5.60. The van der Waals surface area contributed by atoms with Gasteiger partial charge in [0.1, 0.15) is 0 Å². The van der Waals surface area contributed by atoms with Crippen LogP contribution in [-0.4, -0.2) is 18.4 Å². The summed E-state index contributed by atoms with van der Waals surface area (Å²) in [6.07, 6.45) is 6.76. The maximum atomic E-state index is 4.95. The molecule has 0 radical (unpaired) electrons. The third-order valence-corrected chi connectivity index (χ3v) is 4.41. The first-order chi connectivity index (χ1) is 7.55. The Bertz CT molecular complexity index is 357. The normalized spacial score (nSPS) is 30.6. The zero-order chi connectivity index (χ0) is 11.8. The molecule has 0 aromatic rings. The van der Waals surface area contributed by atoms with E-state index in [0.717, 1.165) is 5.92 Å². The fourth-order valence-electron chi connectivity index (χ4n) is 2.77. The summed E-state index contributed by atoms with van der Waals surface area (Å²) in [5, 5.41) is 7.54. The molecule has 0 aromatic carbocycles. The lowest BCUT2D eigenvalue weighted by atomic mass is 9.49. The minimum Gasteiger partial charge on any atom is -0.364 e. The molecular formula is C12H19N3S. The Hall–Kier alpha value is -0.900. The maximum Gasteiger partial charge on any atom is 0.186 e. The van der Waals surface area contributed by atoms with Gasteiger partial charge in [-0.15, -0.1) is 0 Å². The standard InChI is InChI=1S/C12H19N3S/c1-12(2)9-5-4-8(10(12)6-9)7-14-15-11(16)13-3/h4,7,9-10H,5-6H2,1-3H3,(H2,13,15,16)/b14-7-/t9-,10-/m1/s1. The van der Waals surface area contributed by atoms with Gasteiger partial charge in [-0.2, -0.15) is 5.10 Å². The largest absolute Gasteiger partial charge is 0.364 e. The van der Waals surface area contributed by atoms with Gasteiger partial charge in [0.25, 0.3) is 0 Å². The van der Waals surface area contributed by atoms with Crippen molar-refractivity contribution in [2.24, 2.45) is 22.4 Å². The molecule has 1 saturated carbocycles. The molecule has 0 spiro atoms. The van der Waals surface area contributed by atoms with E-state index in [0.29, 0.717) is 16.4 Å². The first kappa shape index (κ1) is 11.6. The minimum atomic E-state index is 0.458. The lowest BCUT2D eigenvalue weighted by Gasteiger charge is -2.55. The lowest BCUT2D eigenvalue weighted by Crippen LogP contribution is -2.48. The number of nitrogens with one attached hydrogen (secondary N) is 2. The van der Waals surface area contributed by atoms with Gasteiger partial charge in [0.2, 0.25) is 0 Å². The molecule has 3 rings (SSSR count). The molecular weight excluding hydrogens is 218 g/mol. The number of nitrogens with zero attached hydrogens (tertiary/aromatic N) is 1. The molecule has 0 amide bonds. The van der Waals surface area contributed by atoms with Crippen molar-refractivity contribution in [1.29, 1.82) is 0 Å². The Morgan fingerprint density at radius 2 is 2.38 bits per heavy atom. The highest BCUT2D eigenvalue weighted by molar-refractivity contribution is 7.80. The van der Waals surface area contributed by atoms with Crippen LogP contribution in [0.15, 0.2) is 16.8 Å². The maximum absolute atomic E-state index is 4.95. The zero-order valence-electron chi connectivity index (χ0n) is 10.1. The van der Waals surface area contributed by atoms with E-state index in [4.69, 9.17) is 12.2 Å². The molecule has 0 saturated heterocycles. The summed E-state index contributed by atoms with van der Waals surface area (Å²) >= 11 is 4.95. The minimum absolute atomic E-state index is 0.458. The first-order valence-electron chi connectivity index (χ1n) is 5.76. The van der Waals surface area contributed by atoms with Gasteiger partial charge >= 0.3 is 0 Å². The van der Waals surface area contributed by atoms with E-state index in [1.165, 1.54) is 18.4 Å². The Labute approximate surface area is 102 Å². The van der Waals surface area contributed by atoms with Crippen LogP contribution in [0.5, 0.6) is 0 Å². The van der Waals surface area contributed by atoms with E-state index >= 15 is 0 Å². The van der Waals surface area contributed by atoms with Crippen LogP contribution in [0.1, 0.15) is 26.7 Å². The van der Waals surface area contributed by atoms with Crippen LogP contribution in [0, 0.1) is 17.3 Å². The van der Waals surface area contributed by atoms with Gasteiger partial charge in [-0.3, -0.25) is 5.43 Å². The number of hydrogen-bond acceptors (Lipinski definition) is 2. The van der Waals surface area contributed by atoms with Crippen molar-refractivity contribution in [3.05, 3.63) is 11.6 Å². The van der Waals surface area contributed by atoms with Crippen molar-refractivity contribution < 1.29 is 0 Å². The van der Waals surface area contributed by atoms with Crippen molar-refractivity contribution in [3.63, 3.8) is 0 Å². The Balaban J connectivity index is 1.96. The Morgan fingerprint density at radius 1 is 1.62 bits per heavy atom. The van der Waals surface area contributed by atoms with Gasteiger partial charge < -0.3 is 5.32 Å². The molecule has 4 heteroatoms. The van der Waals surface area contributed by atoms with Gasteiger partial charge in [0, 0.05) is 7.05 Å². The van der Waals surface area contributed by atoms with Gasteiger partial charge in [-0.1, -0.05) is 19.9 Å². The van der Waals surface area contributed by atoms with E-state index in [-0.39, 0.29) is 0 Å². The van der Waals surface area contributed by atoms with Crippen molar-refractivity contribution in [1.82, 2.24) is 10.7 Å². The summed E-state index contributed by atoms with van der Waals surface area (Å²) in [5.41, 5.74) is 4.61. The van der Waals surface area contributed by atoms with Gasteiger partial charge in [0.15, 0.2) is 5.11 Å². The number of rotatable bonds is 2. The summed E-state index contributed by atoms with van der Waals surface area (Å²) < 4.78 is 0. The van der Waals surface area contributed by atoms with Crippen molar-refractivity contribution >= 4 is 23.5 Å². The monoisotopic (exact) mass is 237 g/mol. The number of hydrogen-bond donors (Lipinski definition) is 2. The van der Waals surface area contributed by atoms with Crippen LogP contribution < -0.4 is 10.7 Å². The van der Waals surface area contributed by atoms with Crippen molar-refractivity contribution in [2.75, 3.05) is 7.05 Å². The van der Waals surface area contributed by atoms with Crippen LogP contribution in [0.3, 0.4) is 0 Å². The quantitative estimate of drug-likeness (QED) is 0.438. The highest BCUT2D eigenvalue weighted by atomic mass is 32.1. The van der Waals surface area contributed by atoms with E-state index in [1.807, 2.05) is 6.21 Å². The summed E-state index contributed by atoms with van der Waals surface area (Å²) in [6, 6.07) is 0. The predicted molar refractivity (Wildman–Crippen MR) is 71.4 cm³/mol. The van der Waals surface area contributed by atoms with E-state index in [9.17, 15) is 0 Å². The Morgan fingerprint density at radius 3 is 2.94 bits per heavy atom. The number of allylic oxidation sites excluding steroid dienone is 2. The number of thiocarbonyl (C=S) groups is 1. The molecule has 2 atom stereocenters. The summed E-state index contributed by atoms with van der Waals surface area (Å²) in [4.78, 5) is 0. The molecule has 16 heavy (non-hydrogen) atoms. The first-order valence-corrected chi connectivity index (χ1v) is 6.17. The van der Waals surface area contributed by atoms with Crippen LogP contribution >= 0.6 is 12.2 Å². The summed E-state index contributed by atoms with van der Waals surface area (Å²) in [6.45, 7) is 4.72. The zero-order valence-corrected chi connectivity index (χ0v) is 10.9. The number of hydrazone groups is 1.